The number of aliphatic carboxylic acids is 1. The summed E-state index contributed by atoms with van der Waals surface area (Å²) in [7, 11) is 0. The van der Waals surface area contributed by atoms with E-state index in [-0.39, 0.29) is 39.5 Å². The predicted molar refractivity (Wildman–Crippen MR) is 100 cm³/mol. The molecule has 3 rings (SSSR count). The Morgan fingerprint density at radius 3 is 2.33 bits per heavy atom. The van der Waals surface area contributed by atoms with E-state index in [0.29, 0.717) is 5.39 Å². The first-order valence-corrected chi connectivity index (χ1v) is 8.25. The van der Waals surface area contributed by atoms with Gasteiger partial charge in [0, 0.05) is 6.20 Å². The van der Waals surface area contributed by atoms with Crippen molar-refractivity contribution in [3.63, 3.8) is 0 Å². The third-order valence-corrected chi connectivity index (χ3v) is 3.98. The van der Waals surface area contributed by atoms with Crippen LogP contribution >= 0.6 is 0 Å². The first kappa shape index (κ1) is 20.3. The average molecular weight is 414 g/mol. The van der Waals surface area contributed by atoms with Gasteiger partial charge in [0.25, 0.3) is 0 Å². The molecule has 0 saturated carbocycles. The molecule has 0 aliphatic carbocycles. The van der Waals surface area contributed by atoms with Gasteiger partial charge in [-0.15, -0.1) is 5.10 Å². The first-order valence-electron chi connectivity index (χ1n) is 8.25. The van der Waals surface area contributed by atoms with E-state index < -0.39 is 24.5 Å². The molecule has 1 aromatic carbocycles. The molecule has 154 valence electrons. The van der Waals surface area contributed by atoms with Gasteiger partial charge < -0.3 is 25.3 Å². The van der Waals surface area contributed by atoms with Crippen LogP contribution in [0.2, 0.25) is 0 Å². The average Bonchev–Trinajstić information content (AvgIpc) is 3.10. The quantitative estimate of drug-likeness (QED) is 0.324. The van der Waals surface area contributed by atoms with E-state index in [1.807, 2.05) is 0 Å². The molecule has 30 heavy (non-hydrogen) atoms. The molecule has 0 unspecified atom stereocenters. The Kier molecular flexibility index (Phi) is 5.31. The van der Waals surface area contributed by atoms with Crippen molar-refractivity contribution in [3.05, 3.63) is 46.8 Å². The van der Waals surface area contributed by atoms with Crippen LogP contribution in [-0.2, 0) is 9.63 Å². The summed E-state index contributed by atoms with van der Waals surface area (Å²) in [6, 6.07) is 3.48. The second kappa shape index (κ2) is 7.87. The van der Waals surface area contributed by atoms with Gasteiger partial charge >= 0.3 is 17.9 Å². The van der Waals surface area contributed by atoms with Gasteiger partial charge in [0.2, 0.25) is 6.61 Å². The molecule has 0 spiro atoms. The van der Waals surface area contributed by atoms with Gasteiger partial charge in [-0.25, -0.2) is 24.0 Å². The number of aromatic carboxylic acids is 2. The molecule has 0 bridgehead atoms. The van der Waals surface area contributed by atoms with E-state index in [2.05, 4.69) is 20.1 Å². The molecule has 0 fully saturated rings. The molecule has 0 atom stereocenters. The lowest BCUT2D eigenvalue weighted by molar-refractivity contribution is -0.142. The number of benzene rings is 1. The smallest absolute Gasteiger partial charge is 0.344 e. The Morgan fingerprint density at radius 1 is 1.13 bits per heavy atom. The van der Waals surface area contributed by atoms with Crippen molar-refractivity contribution in [2.75, 3.05) is 6.61 Å². The number of oxime groups is 1. The minimum absolute atomic E-state index is 0.141. The molecule has 2 aromatic heterocycles. The SMILES string of the molecule is Cc1nc2nn(-c3cc(C(=O)O)cc(C(=O)O)c3)cc2c(/C=N/OCC(=O)O)c1O. The lowest BCUT2D eigenvalue weighted by Crippen LogP contribution is -2.06. The highest BCUT2D eigenvalue weighted by Crippen LogP contribution is 2.28. The maximum Gasteiger partial charge on any atom is 0.344 e. The van der Waals surface area contributed by atoms with Gasteiger partial charge in [0.05, 0.1) is 39.7 Å². The third-order valence-electron chi connectivity index (χ3n) is 3.98. The maximum absolute atomic E-state index is 11.3. The highest BCUT2D eigenvalue weighted by Gasteiger charge is 2.17. The number of pyridine rings is 1. The van der Waals surface area contributed by atoms with Crippen LogP contribution in [0.15, 0.2) is 29.6 Å². The standard InChI is InChI=1S/C18H14N4O8/c1-8-15(25)12(5-19-30-7-14(23)24)13-6-22(21-16(13)20-8)11-3-9(17(26)27)2-10(4-11)18(28)29/h2-6,25H,7H2,1H3,(H,23,24)(H,26,27)(H,28,29)/b19-5+. The lowest BCUT2D eigenvalue weighted by Gasteiger charge is -2.05. The molecule has 0 amide bonds. The number of fused-ring (bicyclic) bond motifs is 1. The van der Waals surface area contributed by atoms with Crippen LogP contribution in [-0.4, -0.2) is 65.9 Å². The molecule has 3 aromatic rings. The van der Waals surface area contributed by atoms with Crippen molar-refractivity contribution in [1.29, 1.82) is 0 Å². The second-order valence-electron chi connectivity index (χ2n) is 6.05. The van der Waals surface area contributed by atoms with Crippen molar-refractivity contribution in [1.82, 2.24) is 14.8 Å². The molecule has 4 N–H and O–H groups in total. The van der Waals surface area contributed by atoms with E-state index in [0.717, 1.165) is 12.3 Å². The van der Waals surface area contributed by atoms with Gasteiger partial charge in [0.1, 0.15) is 5.75 Å². The minimum Gasteiger partial charge on any atom is -0.505 e. The zero-order valence-corrected chi connectivity index (χ0v) is 15.3. The third kappa shape index (κ3) is 4.01. The largest absolute Gasteiger partial charge is 0.505 e. The Labute approximate surface area is 167 Å². The van der Waals surface area contributed by atoms with Crippen molar-refractivity contribution in [3.8, 4) is 11.4 Å². The fourth-order valence-corrected chi connectivity index (χ4v) is 2.61. The van der Waals surface area contributed by atoms with Gasteiger partial charge in [-0.05, 0) is 25.1 Å². The van der Waals surface area contributed by atoms with Crippen LogP contribution in [0.4, 0.5) is 0 Å². The molecule has 0 radical (unpaired) electrons. The van der Waals surface area contributed by atoms with Crippen LogP contribution in [0, 0.1) is 6.92 Å². The predicted octanol–water partition coefficient (Wildman–Crippen LogP) is 1.27. The number of carboxylic acid groups (broad SMARTS) is 3. The van der Waals surface area contributed by atoms with E-state index in [4.69, 9.17) is 5.11 Å². The molecule has 12 nitrogen and oxygen atoms in total. The number of carboxylic acids is 3. The summed E-state index contributed by atoms with van der Waals surface area (Å²) < 4.78 is 1.21. The Bertz CT molecular complexity index is 1180. The molecular formula is C18H14N4O8. The highest BCUT2D eigenvalue weighted by atomic mass is 16.6. The number of aryl methyl sites for hydroxylation is 1. The summed E-state index contributed by atoms with van der Waals surface area (Å²) >= 11 is 0. The normalized spacial score (nSPS) is 11.1. The minimum atomic E-state index is -1.31. The van der Waals surface area contributed by atoms with Gasteiger partial charge in [0.15, 0.2) is 5.65 Å². The Balaban J connectivity index is 2.14. The van der Waals surface area contributed by atoms with Gasteiger partial charge in [-0.1, -0.05) is 5.16 Å². The molecule has 2 heterocycles. The van der Waals surface area contributed by atoms with Crippen molar-refractivity contribution in [2.24, 2.45) is 5.16 Å². The maximum atomic E-state index is 11.3. The summed E-state index contributed by atoms with van der Waals surface area (Å²) in [6.07, 6.45) is 2.49. The molecule has 12 heteroatoms. The van der Waals surface area contributed by atoms with Crippen molar-refractivity contribution in [2.45, 2.75) is 6.92 Å². The number of carbonyl (C=O) groups is 3. The molecular weight excluding hydrogens is 400 g/mol. The zero-order valence-electron chi connectivity index (χ0n) is 15.3. The van der Waals surface area contributed by atoms with Crippen LogP contribution in [0.5, 0.6) is 5.75 Å². The monoisotopic (exact) mass is 414 g/mol. The topological polar surface area (TPSA) is 184 Å². The number of hydrogen-bond donors (Lipinski definition) is 4. The van der Waals surface area contributed by atoms with Crippen molar-refractivity contribution >= 4 is 35.2 Å². The Morgan fingerprint density at radius 2 is 1.77 bits per heavy atom. The van der Waals surface area contributed by atoms with Crippen LogP contribution in [0.25, 0.3) is 16.7 Å². The fraction of sp³-hybridized carbons (Fsp3) is 0.111. The summed E-state index contributed by atoms with van der Waals surface area (Å²) in [5.41, 5.74) is 0.149. The first-order chi connectivity index (χ1) is 14.2. The van der Waals surface area contributed by atoms with E-state index in [1.54, 1.807) is 0 Å². The number of rotatable bonds is 7. The van der Waals surface area contributed by atoms with Gasteiger partial charge in [-0.2, -0.15) is 0 Å². The summed E-state index contributed by atoms with van der Waals surface area (Å²) in [6.45, 7) is 0.834. The lowest BCUT2D eigenvalue weighted by atomic mass is 10.1. The zero-order chi connectivity index (χ0) is 22.0. The van der Waals surface area contributed by atoms with E-state index >= 15 is 0 Å². The van der Waals surface area contributed by atoms with E-state index in [1.165, 1.54) is 29.9 Å². The number of aromatic hydroxyl groups is 1. The number of nitrogens with zero attached hydrogens (tertiary/aromatic N) is 4. The highest BCUT2D eigenvalue weighted by molar-refractivity contribution is 6.00. The van der Waals surface area contributed by atoms with E-state index in [9.17, 15) is 29.7 Å². The fourth-order valence-electron chi connectivity index (χ4n) is 2.61. The van der Waals surface area contributed by atoms with Crippen LogP contribution < -0.4 is 0 Å². The summed E-state index contributed by atoms with van der Waals surface area (Å²) in [5, 5.41) is 45.4. The number of hydrogen-bond acceptors (Lipinski definition) is 8. The molecule has 0 aliphatic heterocycles. The van der Waals surface area contributed by atoms with Gasteiger partial charge in [-0.3, -0.25) is 0 Å². The molecule has 0 saturated heterocycles. The van der Waals surface area contributed by atoms with Crippen molar-refractivity contribution < 1.29 is 39.6 Å². The van der Waals surface area contributed by atoms with Crippen LogP contribution in [0.1, 0.15) is 32.0 Å². The Hall–Kier alpha value is -4.48. The molecule has 0 aliphatic rings. The van der Waals surface area contributed by atoms with Crippen LogP contribution in [0.3, 0.4) is 0 Å². The summed E-state index contributed by atoms with van der Waals surface area (Å²) in [4.78, 5) is 41.9. The summed E-state index contributed by atoms with van der Waals surface area (Å²) in [5.74, 6) is -4.10. The second-order valence-corrected chi connectivity index (χ2v) is 6.05. The number of aromatic nitrogens is 3.